The molecule has 3 rings (SSSR count). The molecule has 1 unspecified atom stereocenters. The minimum absolute atomic E-state index is 0.0354. The minimum Gasteiger partial charge on any atom is -0.320 e. The molecular formula is C21H20F2O. The Balaban J connectivity index is 1.66. The van der Waals surface area contributed by atoms with Crippen LogP contribution in [0.4, 0.5) is 8.78 Å². The van der Waals surface area contributed by atoms with E-state index < -0.39 is 6.11 Å². The maximum absolute atomic E-state index is 13.0. The molecule has 0 aromatic heterocycles. The third-order valence-electron chi connectivity index (χ3n) is 4.37. The van der Waals surface area contributed by atoms with E-state index in [-0.39, 0.29) is 18.9 Å². The summed E-state index contributed by atoms with van der Waals surface area (Å²) in [7, 11) is 0. The van der Waals surface area contributed by atoms with Crippen molar-refractivity contribution in [3.8, 4) is 11.8 Å². The van der Waals surface area contributed by atoms with Crippen LogP contribution in [0.1, 0.15) is 47.9 Å². The van der Waals surface area contributed by atoms with Gasteiger partial charge in [-0.3, -0.25) is 0 Å². The van der Waals surface area contributed by atoms with Crippen LogP contribution in [0.3, 0.4) is 0 Å². The maximum Gasteiger partial charge on any atom is 0.355 e. The van der Waals surface area contributed by atoms with Crippen molar-refractivity contribution in [2.75, 3.05) is 6.61 Å². The Morgan fingerprint density at radius 3 is 2.08 bits per heavy atom. The van der Waals surface area contributed by atoms with Crippen LogP contribution in [0, 0.1) is 11.8 Å². The number of hydrogen-bond acceptors (Lipinski definition) is 1. The second kappa shape index (κ2) is 7.15. The maximum atomic E-state index is 13.0. The molecule has 0 spiro atoms. The van der Waals surface area contributed by atoms with Crippen molar-refractivity contribution >= 4 is 0 Å². The van der Waals surface area contributed by atoms with Crippen molar-refractivity contribution in [1.29, 1.82) is 0 Å². The smallest absolute Gasteiger partial charge is 0.320 e. The van der Waals surface area contributed by atoms with Crippen molar-refractivity contribution in [2.24, 2.45) is 0 Å². The van der Waals surface area contributed by atoms with Gasteiger partial charge in [-0.25, -0.2) is 0 Å². The largest absolute Gasteiger partial charge is 0.355 e. The molecule has 24 heavy (non-hydrogen) atoms. The van der Waals surface area contributed by atoms with E-state index in [2.05, 4.69) is 35.6 Å². The molecule has 1 fully saturated rings. The van der Waals surface area contributed by atoms with Gasteiger partial charge < -0.3 is 4.74 Å². The summed E-state index contributed by atoms with van der Waals surface area (Å²) in [6.45, 7) is 2.20. The Bertz CT molecular complexity index is 726. The molecule has 0 amide bonds. The third-order valence-corrected chi connectivity index (χ3v) is 4.37. The molecular weight excluding hydrogens is 306 g/mol. The summed E-state index contributed by atoms with van der Waals surface area (Å²) in [5.74, 6) is 6.32. The topological polar surface area (TPSA) is 9.23 Å². The van der Waals surface area contributed by atoms with Gasteiger partial charge in [0.25, 0.3) is 0 Å². The summed E-state index contributed by atoms with van der Waals surface area (Å²) in [6.07, 6.45) is -1.71. The fraction of sp³-hybridized carbons (Fsp3) is 0.333. The van der Waals surface area contributed by atoms with Gasteiger partial charge in [-0.05, 0) is 48.2 Å². The second-order valence-corrected chi connectivity index (χ2v) is 6.11. The van der Waals surface area contributed by atoms with Crippen molar-refractivity contribution < 1.29 is 13.5 Å². The highest BCUT2D eigenvalue weighted by Gasteiger charge is 2.36. The van der Waals surface area contributed by atoms with Crippen molar-refractivity contribution in [3.05, 3.63) is 70.8 Å². The van der Waals surface area contributed by atoms with Crippen molar-refractivity contribution in [1.82, 2.24) is 0 Å². The fourth-order valence-corrected chi connectivity index (χ4v) is 2.79. The first-order chi connectivity index (χ1) is 11.6. The summed E-state index contributed by atoms with van der Waals surface area (Å²) >= 11 is 0. The number of halogens is 2. The average Bonchev–Trinajstić information content (AvgIpc) is 2.61. The van der Waals surface area contributed by atoms with E-state index in [0.29, 0.717) is 6.42 Å². The highest BCUT2D eigenvalue weighted by molar-refractivity contribution is 5.44. The van der Waals surface area contributed by atoms with Gasteiger partial charge in [-0.1, -0.05) is 43.0 Å². The number of rotatable bonds is 2. The number of benzene rings is 2. The van der Waals surface area contributed by atoms with E-state index in [0.717, 1.165) is 23.1 Å². The molecule has 1 heterocycles. The van der Waals surface area contributed by atoms with Gasteiger partial charge in [0, 0.05) is 23.5 Å². The molecule has 1 aliphatic heterocycles. The summed E-state index contributed by atoms with van der Waals surface area (Å²) < 4.78 is 30.7. The normalized spacial score (nSPS) is 19.4. The second-order valence-electron chi connectivity index (χ2n) is 6.11. The summed E-state index contributed by atoms with van der Waals surface area (Å²) in [5.41, 5.74) is 4.23. The van der Waals surface area contributed by atoms with E-state index in [1.165, 1.54) is 5.56 Å². The zero-order valence-electron chi connectivity index (χ0n) is 13.7. The van der Waals surface area contributed by atoms with Gasteiger partial charge >= 0.3 is 6.11 Å². The Morgan fingerprint density at radius 2 is 1.58 bits per heavy atom. The molecule has 124 valence electrons. The lowest BCUT2D eigenvalue weighted by Crippen LogP contribution is -2.30. The monoisotopic (exact) mass is 326 g/mol. The van der Waals surface area contributed by atoms with E-state index in [1.807, 2.05) is 36.4 Å². The van der Waals surface area contributed by atoms with Gasteiger partial charge in [0.2, 0.25) is 0 Å². The lowest BCUT2D eigenvalue weighted by Gasteiger charge is -2.28. The first-order valence-electron chi connectivity index (χ1n) is 8.28. The van der Waals surface area contributed by atoms with Crippen molar-refractivity contribution in [2.45, 2.75) is 38.2 Å². The SMILES string of the molecule is CCc1ccc(C#Cc2ccc(C3CCC(F)(F)OC3)cc2)cc1. The predicted molar refractivity (Wildman–Crippen MR) is 91.1 cm³/mol. The summed E-state index contributed by atoms with van der Waals surface area (Å²) in [6, 6.07) is 16.0. The molecule has 0 radical (unpaired) electrons. The quantitative estimate of drug-likeness (QED) is 0.695. The molecule has 1 saturated heterocycles. The van der Waals surface area contributed by atoms with Gasteiger partial charge in [-0.15, -0.1) is 0 Å². The van der Waals surface area contributed by atoms with Crippen LogP contribution in [-0.2, 0) is 11.2 Å². The highest BCUT2D eigenvalue weighted by Crippen LogP contribution is 2.35. The van der Waals surface area contributed by atoms with Gasteiger partial charge in [0.05, 0.1) is 6.61 Å². The zero-order valence-corrected chi connectivity index (χ0v) is 13.7. The first-order valence-corrected chi connectivity index (χ1v) is 8.28. The Morgan fingerprint density at radius 1 is 1.00 bits per heavy atom. The molecule has 1 aliphatic rings. The lowest BCUT2D eigenvalue weighted by molar-refractivity contribution is -0.261. The van der Waals surface area contributed by atoms with Crippen LogP contribution in [0.25, 0.3) is 0 Å². The molecule has 1 nitrogen and oxygen atoms in total. The number of hydrogen-bond donors (Lipinski definition) is 0. The summed E-state index contributed by atoms with van der Waals surface area (Å²) in [5, 5.41) is 0. The van der Waals surface area contributed by atoms with E-state index in [1.54, 1.807) is 0 Å². The number of ether oxygens (including phenoxy) is 1. The van der Waals surface area contributed by atoms with Gasteiger partial charge in [-0.2, -0.15) is 8.78 Å². The third kappa shape index (κ3) is 4.21. The Labute approximate surface area is 141 Å². The van der Waals surface area contributed by atoms with Crippen LogP contribution in [-0.4, -0.2) is 12.7 Å². The van der Waals surface area contributed by atoms with E-state index in [4.69, 9.17) is 0 Å². The Kier molecular flexibility index (Phi) is 4.97. The number of aryl methyl sites for hydroxylation is 1. The summed E-state index contributed by atoms with van der Waals surface area (Å²) in [4.78, 5) is 0. The minimum atomic E-state index is -2.96. The van der Waals surface area contributed by atoms with E-state index >= 15 is 0 Å². The van der Waals surface area contributed by atoms with Crippen LogP contribution < -0.4 is 0 Å². The zero-order chi connectivity index (χ0) is 17.0. The molecule has 3 heteroatoms. The molecule has 0 aliphatic carbocycles. The first kappa shape index (κ1) is 16.7. The Hall–Kier alpha value is -2.18. The molecule has 0 saturated carbocycles. The van der Waals surface area contributed by atoms with Crippen LogP contribution in [0.2, 0.25) is 0 Å². The molecule has 0 bridgehead atoms. The van der Waals surface area contributed by atoms with Gasteiger partial charge in [0.15, 0.2) is 0 Å². The highest BCUT2D eigenvalue weighted by atomic mass is 19.3. The fourth-order valence-electron chi connectivity index (χ4n) is 2.79. The molecule has 1 atom stereocenters. The van der Waals surface area contributed by atoms with Crippen LogP contribution in [0.15, 0.2) is 48.5 Å². The molecule has 0 N–H and O–H groups in total. The standard InChI is InChI=1S/C21H20F2O/c1-2-16-3-5-17(6-4-16)7-8-18-9-11-19(12-10-18)20-13-14-21(22,23)24-15-20/h3-6,9-12,20H,2,13-15H2,1H3. The number of alkyl halides is 2. The predicted octanol–water partition coefficient (Wildman–Crippen LogP) is 5.14. The molecule has 2 aromatic carbocycles. The van der Waals surface area contributed by atoms with Crippen LogP contribution in [0.5, 0.6) is 0 Å². The average molecular weight is 326 g/mol. The van der Waals surface area contributed by atoms with Crippen LogP contribution >= 0.6 is 0 Å². The lowest BCUT2D eigenvalue weighted by atomic mass is 9.92. The van der Waals surface area contributed by atoms with Gasteiger partial charge in [0.1, 0.15) is 0 Å². The van der Waals surface area contributed by atoms with Crippen molar-refractivity contribution in [3.63, 3.8) is 0 Å². The van der Waals surface area contributed by atoms with E-state index in [9.17, 15) is 8.78 Å². The molecule has 2 aromatic rings.